The maximum atomic E-state index is 12.4. The molecular formula is C15H24N4OS. The van der Waals surface area contributed by atoms with E-state index in [0.717, 1.165) is 49.8 Å². The fourth-order valence-electron chi connectivity index (χ4n) is 3.42. The Morgan fingerprint density at radius 3 is 3.00 bits per heavy atom. The van der Waals surface area contributed by atoms with Crippen molar-refractivity contribution in [2.24, 2.45) is 0 Å². The second-order valence-electron chi connectivity index (χ2n) is 5.92. The summed E-state index contributed by atoms with van der Waals surface area (Å²) in [7, 11) is 0. The molecule has 0 saturated carbocycles. The first-order valence-electron chi connectivity index (χ1n) is 8.01. The van der Waals surface area contributed by atoms with Crippen molar-refractivity contribution in [3.05, 3.63) is 11.6 Å². The third-order valence-electron chi connectivity index (χ3n) is 4.53. The van der Waals surface area contributed by atoms with Crippen LogP contribution in [0.3, 0.4) is 0 Å². The number of hydrogen-bond donors (Lipinski definition) is 0. The third kappa shape index (κ3) is 3.10. The SMILES string of the molecule is CSCCC(=O)N1CCC[C@@H]1c1nnc2n1CCCCC2. The number of rotatable bonds is 4. The Labute approximate surface area is 130 Å². The number of thioether (sulfide) groups is 1. The molecule has 21 heavy (non-hydrogen) atoms. The van der Waals surface area contributed by atoms with Crippen LogP contribution in [0.25, 0.3) is 0 Å². The van der Waals surface area contributed by atoms with Crippen LogP contribution in [0.2, 0.25) is 0 Å². The molecule has 0 bridgehead atoms. The van der Waals surface area contributed by atoms with Crippen molar-refractivity contribution in [3.8, 4) is 0 Å². The predicted molar refractivity (Wildman–Crippen MR) is 84.3 cm³/mol. The van der Waals surface area contributed by atoms with E-state index < -0.39 is 0 Å². The molecule has 2 aliphatic heterocycles. The summed E-state index contributed by atoms with van der Waals surface area (Å²) in [6.07, 6.45) is 9.50. The Kier molecular flexibility index (Phi) is 4.83. The molecule has 1 aromatic rings. The highest BCUT2D eigenvalue weighted by atomic mass is 32.2. The lowest BCUT2D eigenvalue weighted by Gasteiger charge is -2.24. The molecule has 0 spiro atoms. The fraction of sp³-hybridized carbons (Fsp3) is 0.800. The largest absolute Gasteiger partial charge is 0.332 e. The average molecular weight is 308 g/mol. The molecule has 0 unspecified atom stereocenters. The summed E-state index contributed by atoms with van der Waals surface area (Å²) in [5.41, 5.74) is 0. The zero-order chi connectivity index (χ0) is 14.7. The zero-order valence-electron chi connectivity index (χ0n) is 12.8. The molecule has 5 nitrogen and oxygen atoms in total. The van der Waals surface area contributed by atoms with E-state index in [1.165, 1.54) is 19.3 Å². The van der Waals surface area contributed by atoms with Crippen LogP contribution in [0.4, 0.5) is 0 Å². The molecule has 0 aliphatic carbocycles. The smallest absolute Gasteiger partial charge is 0.224 e. The van der Waals surface area contributed by atoms with Gasteiger partial charge in [0.15, 0.2) is 5.82 Å². The van der Waals surface area contributed by atoms with Gasteiger partial charge in [0.25, 0.3) is 0 Å². The summed E-state index contributed by atoms with van der Waals surface area (Å²) in [6.45, 7) is 1.89. The molecule has 0 radical (unpaired) electrons. The highest BCUT2D eigenvalue weighted by Crippen LogP contribution is 2.32. The van der Waals surface area contributed by atoms with Crippen LogP contribution >= 0.6 is 11.8 Å². The Balaban J connectivity index is 1.79. The van der Waals surface area contributed by atoms with E-state index in [1.54, 1.807) is 11.8 Å². The van der Waals surface area contributed by atoms with Gasteiger partial charge in [-0.2, -0.15) is 11.8 Å². The summed E-state index contributed by atoms with van der Waals surface area (Å²) >= 11 is 1.73. The lowest BCUT2D eigenvalue weighted by atomic mass is 10.2. The van der Waals surface area contributed by atoms with Gasteiger partial charge in [-0.25, -0.2) is 0 Å². The quantitative estimate of drug-likeness (QED) is 0.857. The number of aromatic nitrogens is 3. The summed E-state index contributed by atoms with van der Waals surface area (Å²) in [5, 5.41) is 8.84. The maximum absolute atomic E-state index is 12.4. The zero-order valence-corrected chi connectivity index (χ0v) is 13.6. The van der Waals surface area contributed by atoms with Gasteiger partial charge in [0, 0.05) is 31.7 Å². The van der Waals surface area contributed by atoms with Crippen LogP contribution in [-0.4, -0.2) is 44.1 Å². The first-order chi connectivity index (χ1) is 10.3. The maximum Gasteiger partial charge on any atom is 0.224 e. The summed E-state index contributed by atoms with van der Waals surface area (Å²) in [5.74, 6) is 3.32. The molecule has 116 valence electrons. The van der Waals surface area contributed by atoms with Gasteiger partial charge in [0.1, 0.15) is 5.82 Å². The minimum atomic E-state index is 0.152. The highest BCUT2D eigenvalue weighted by Gasteiger charge is 2.33. The molecular weight excluding hydrogens is 284 g/mol. The van der Waals surface area contributed by atoms with Crippen LogP contribution in [0.15, 0.2) is 0 Å². The van der Waals surface area contributed by atoms with E-state index in [-0.39, 0.29) is 11.9 Å². The second kappa shape index (κ2) is 6.81. The topological polar surface area (TPSA) is 51.0 Å². The van der Waals surface area contributed by atoms with Crippen molar-refractivity contribution in [1.29, 1.82) is 0 Å². The van der Waals surface area contributed by atoms with Crippen LogP contribution in [0.1, 0.15) is 56.2 Å². The molecule has 3 heterocycles. The number of amides is 1. The molecule has 1 fully saturated rings. The number of nitrogens with zero attached hydrogens (tertiary/aromatic N) is 4. The van der Waals surface area contributed by atoms with Crippen molar-refractivity contribution < 1.29 is 4.79 Å². The number of aryl methyl sites for hydroxylation is 1. The van der Waals surface area contributed by atoms with Crippen molar-refractivity contribution in [3.63, 3.8) is 0 Å². The molecule has 0 N–H and O–H groups in total. The van der Waals surface area contributed by atoms with Crippen molar-refractivity contribution in [2.75, 3.05) is 18.6 Å². The summed E-state index contributed by atoms with van der Waals surface area (Å²) in [6, 6.07) is 0.152. The second-order valence-corrected chi connectivity index (χ2v) is 6.91. The van der Waals surface area contributed by atoms with Gasteiger partial charge in [0.2, 0.25) is 5.91 Å². The molecule has 1 saturated heterocycles. The Morgan fingerprint density at radius 2 is 2.14 bits per heavy atom. The minimum absolute atomic E-state index is 0.152. The molecule has 3 rings (SSSR count). The van der Waals surface area contributed by atoms with Gasteiger partial charge in [-0.05, 0) is 31.9 Å². The number of fused-ring (bicyclic) bond motifs is 1. The van der Waals surface area contributed by atoms with E-state index in [0.29, 0.717) is 6.42 Å². The normalized spacial score (nSPS) is 22.1. The van der Waals surface area contributed by atoms with Gasteiger partial charge in [0.05, 0.1) is 6.04 Å². The molecule has 2 aliphatic rings. The minimum Gasteiger partial charge on any atom is -0.332 e. The van der Waals surface area contributed by atoms with E-state index in [1.807, 2.05) is 11.2 Å². The van der Waals surface area contributed by atoms with Crippen LogP contribution in [-0.2, 0) is 17.8 Å². The van der Waals surface area contributed by atoms with Gasteiger partial charge in [-0.3, -0.25) is 4.79 Å². The summed E-state index contributed by atoms with van der Waals surface area (Å²) < 4.78 is 2.29. The van der Waals surface area contributed by atoms with E-state index in [9.17, 15) is 4.79 Å². The van der Waals surface area contributed by atoms with Crippen molar-refractivity contribution in [1.82, 2.24) is 19.7 Å². The van der Waals surface area contributed by atoms with Gasteiger partial charge in [-0.1, -0.05) is 6.42 Å². The Hall–Kier alpha value is -1.04. The van der Waals surface area contributed by atoms with Crippen molar-refractivity contribution >= 4 is 17.7 Å². The van der Waals surface area contributed by atoms with Gasteiger partial charge < -0.3 is 9.47 Å². The predicted octanol–water partition coefficient (Wildman–Crippen LogP) is 2.42. The van der Waals surface area contributed by atoms with E-state index in [4.69, 9.17) is 0 Å². The number of hydrogen-bond acceptors (Lipinski definition) is 4. The van der Waals surface area contributed by atoms with Crippen LogP contribution in [0, 0.1) is 0 Å². The lowest BCUT2D eigenvalue weighted by Crippen LogP contribution is -2.32. The number of likely N-dealkylation sites (tertiary alicyclic amines) is 1. The third-order valence-corrected chi connectivity index (χ3v) is 5.14. The first-order valence-corrected chi connectivity index (χ1v) is 9.41. The number of carbonyl (C=O) groups is 1. The fourth-order valence-corrected chi connectivity index (χ4v) is 3.80. The monoisotopic (exact) mass is 308 g/mol. The van der Waals surface area contributed by atoms with E-state index >= 15 is 0 Å². The average Bonchev–Trinajstić information content (AvgIpc) is 3.06. The molecule has 1 amide bonds. The van der Waals surface area contributed by atoms with Crippen LogP contribution in [0.5, 0.6) is 0 Å². The first kappa shape index (κ1) is 14.9. The van der Waals surface area contributed by atoms with Crippen molar-refractivity contribution in [2.45, 2.75) is 57.5 Å². The standard InChI is InChI=1S/C15H24N4OS/c1-21-11-8-14(20)18-10-5-6-12(18)15-17-16-13-7-3-2-4-9-19(13)15/h12H,2-11H2,1H3/t12-/m1/s1. The van der Waals surface area contributed by atoms with Crippen LogP contribution < -0.4 is 0 Å². The van der Waals surface area contributed by atoms with Gasteiger partial charge >= 0.3 is 0 Å². The lowest BCUT2D eigenvalue weighted by molar-refractivity contribution is -0.131. The number of carbonyl (C=O) groups excluding carboxylic acids is 1. The molecule has 6 heteroatoms. The Morgan fingerprint density at radius 1 is 1.24 bits per heavy atom. The molecule has 1 aromatic heterocycles. The molecule has 1 atom stereocenters. The van der Waals surface area contributed by atoms with Gasteiger partial charge in [-0.15, -0.1) is 10.2 Å². The summed E-state index contributed by atoms with van der Waals surface area (Å²) in [4.78, 5) is 14.4. The highest BCUT2D eigenvalue weighted by molar-refractivity contribution is 7.98. The Bertz CT molecular complexity index is 502. The molecule has 0 aromatic carbocycles. The van der Waals surface area contributed by atoms with E-state index in [2.05, 4.69) is 14.8 Å².